The topological polar surface area (TPSA) is 12.0 Å². The van der Waals surface area contributed by atoms with E-state index < -0.39 is 5.51 Å². The summed E-state index contributed by atoms with van der Waals surface area (Å²) in [6.07, 6.45) is 6.67. The van der Waals surface area contributed by atoms with Crippen LogP contribution in [0.1, 0.15) is 45.4 Å². The van der Waals surface area contributed by atoms with Gasteiger partial charge in [0.25, 0.3) is 0 Å². The Bertz CT molecular complexity index is 215. The van der Waals surface area contributed by atoms with Crippen molar-refractivity contribution >= 4 is 11.8 Å². The molecule has 0 amide bonds. The van der Waals surface area contributed by atoms with Gasteiger partial charge in [0.05, 0.1) is 0 Å². The minimum Gasteiger partial charge on any atom is -0.316 e. The highest BCUT2D eigenvalue weighted by atomic mass is 32.2. The number of thioether (sulfide) groups is 1. The van der Waals surface area contributed by atoms with Crippen molar-refractivity contribution in [1.82, 2.24) is 5.32 Å². The van der Waals surface area contributed by atoms with Gasteiger partial charge in [0, 0.05) is 5.75 Å². The number of rotatable bonds is 8. The molecule has 1 nitrogen and oxygen atoms in total. The van der Waals surface area contributed by atoms with Gasteiger partial charge in [-0.3, -0.25) is 0 Å². The summed E-state index contributed by atoms with van der Waals surface area (Å²) in [6.45, 7) is 3.96. The van der Waals surface area contributed by atoms with Gasteiger partial charge in [-0.1, -0.05) is 44.4 Å². The molecule has 0 aromatic rings. The van der Waals surface area contributed by atoms with E-state index in [2.05, 4.69) is 12.2 Å². The van der Waals surface area contributed by atoms with E-state index in [1.54, 1.807) is 0 Å². The fraction of sp³-hybridized carbons (Fsp3) is 1.00. The third kappa shape index (κ3) is 6.88. The first-order valence-corrected chi connectivity index (χ1v) is 7.93. The summed E-state index contributed by atoms with van der Waals surface area (Å²) in [6, 6.07) is 0. The van der Waals surface area contributed by atoms with E-state index in [0.717, 1.165) is 19.5 Å². The Morgan fingerprint density at radius 3 is 2.50 bits per heavy atom. The van der Waals surface area contributed by atoms with Gasteiger partial charge < -0.3 is 5.32 Å². The van der Waals surface area contributed by atoms with Crippen LogP contribution in [0.5, 0.6) is 0 Å². The van der Waals surface area contributed by atoms with Crippen LogP contribution in [0, 0.1) is 11.8 Å². The van der Waals surface area contributed by atoms with Gasteiger partial charge >= 0.3 is 5.51 Å². The molecule has 1 aliphatic rings. The highest BCUT2D eigenvalue weighted by molar-refractivity contribution is 8.00. The lowest BCUT2D eigenvalue weighted by atomic mass is 9.88. The minimum atomic E-state index is -4.07. The molecular formula is C13H24F3NS. The Labute approximate surface area is 112 Å². The first-order chi connectivity index (χ1) is 8.53. The van der Waals surface area contributed by atoms with Crippen molar-refractivity contribution in [3.8, 4) is 0 Å². The largest absolute Gasteiger partial charge is 0.441 e. The van der Waals surface area contributed by atoms with Gasteiger partial charge in [-0.05, 0) is 37.8 Å². The maximum absolute atomic E-state index is 12.1. The van der Waals surface area contributed by atoms with Gasteiger partial charge in [0.2, 0.25) is 0 Å². The standard InChI is InChI=1S/C13H24F3NS/c1-2-8-17-10-12(11-5-3-4-6-11)7-9-18-13(14,15)16/h11-12,17H,2-10H2,1H3. The molecule has 1 atom stereocenters. The molecule has 1 unspecified atom stereocenters. The molecular weight excluding hydrogens is 259 g/mol. The molecule has 1 saturated carbocycles. The Hall–Kier alpha value is 0.100. The summed E-state index contributed by atoms with van der Waals surface area (Å²) in [5, 5.41) is 3.37. The second-order valence-electron chi connectivity index (χ2n) is 5.09. The lowest BCUT2D eigenvalue weighted by Crippen LogP contribution is -2.28. The SMILES string of the molecule is CCCNCC(CCSC(F)(F)F)C1CCCC1. The van der Waals surface area contributed by atoms with Crippen molar-refractivity contribution in [3.05, 3.63) is 0 Å². The second kappa shape index (κ2) is 8.31. The molecule has 0 aromatic heterocycles. The van der Waals surface area contributed by atoms with E-state index in [4.69, 9.17) is 0 Å². The molecule has 108 valence electrons. The predicted molar refractivity (Wildman–Crippen MR) is 71.7 cm³/mol. The number of alkyl halides is 3. The van der Waals surface area contributed by atoms with Crippen LogP contribution in [-0.4, -0.2) is 24.4 Å². The van der Waals surface area contributed by atoms with Crippen LogP contribution in [0.25, 0.3) is 0 Å². The Kier molecular flexibility index (Phi) is 7.46. The van der Waals surface area contributed by atoms with Crippen molar-refractivity contribution in [3.63, 3.8) is 0 Å². The van der Waals surface area contributed by atoms with Crippen molar-refractivity contribution < 1.29 is 13.2 Å². The highest BCUT2D eigenvalue weighted by Gasteiger charge is 2.30. The molecule has 1 aliphatic carbocycles. The highest BCUT2D eigenvalue weighted by Crippen LogP contribution is 2.36. The Balaban J connectivity index is 2.29. The molecule has 0 heterocycles. The van der Waals surface area contributed by atoms with Crippen LogP contribution in [0.4, 0.5) is 13.2 Å². The smallest absolute Gasteiger partial charge is 0.316 e. The van der Waals surface area contributed by atoms with Gasteiger partial charge in [-0.25, -0.2) is 0 Å². The first kappa shape index (κ1) is 16.2. The van der Waals surface area contributed by atoms with Crippen LogP contribution >= 0.6 is 11.8 Å². The Morgan fingerprint density at radius 2 is 1.94 bits per heavy atom. The first-order valence-electron chi connectivity index (χ1n) is 6.94. The summed E-state index contributed by atoms with van der Waals surface area (Å²) in [4.78, 5) is 0. The van der Waals surface area contributed by atoms with E-state index in [9.17, 15) is 13.2 Å². The zero-order valence-corrected chi connectivity index (χ0v) is 11.9. The van der Waals surface area contributed by atoms with E-state index in [0.29, 0.717) is 18.3 Å². The number of halogens is 3. The lowest BCUT2D eigenvalue weighted by molar-refractivity contribution is -0.0328. The number of hydrogen-bond donors (Lipinski definition) is 1. The van der Waals surface area contributed by atoms with Gasteiger partial charge in [0.1, 0.15) is 0 Å². The average molecular weight is 283 g/mol. The van der Waals surface area contributed by atoms with Crippen molar-refractivity contribution in [2.24, 2.45) is 11.8 Å². The van der Waals surface area contributed by atoms with Crippen LogP contribution in [0.3, 0.4) is 0 Å². The molecule has 0 saturated heterocycles. The number of hydrogen-bond acceptors (Lipinski definition) is 2. The third-order valence-corrected chi connectivity index (χ3v) is 4.42. The summed E-state index contributed by atoms with van der Waals surface area (Å²) >= 11 is 0.132. The maximum atomic E-state index is 12.1. The summed E-state index contributed by atoms with van der Waals surface area (Å²) in [7, 11) is 0. The van der Waals surface area contributed by atoms with E-state index in [1.807, 2.05) is 0 Å². The molecule has 0 spiro atoms. The van der Waals surface area contributed by atoms with Crippen molar-refractivity contribution in [2.75, 3.05) is 18.8 Å². The third-order valence-electron chi connectivity index (χ3n) is 3.65. The minimum absolute atomic E-state index is 0.132. The zero-order valence-electron chi connectivity index (χ0n) is 11.1. The van der Waals surface area contributed by atoms with Crippen molar-refractivity contribution in [1.29, 1.82) is 0 Å². The quantitative estimate of drug-likeness (QED) is 0.661. The molecule has 5 heteroatoms. The van der Waals surface area contributed by atoms with Gasteiger partial charge in [0.15, 0.2) is 0 Å². The van der Waals surface area contributed by atoms with Crippen LogP contribution in [0.2, 0.25) is 0 Å². The van der Waals surface area contributed by atoms with Crippen LogP contribution in [0.15, 0.2) is 0 Å². The lowest BCUT2D eigenvalue weighted by Gasteiger charge is -2.24. The van der Waals surface area contributed by atoms with E-state index in [-0.39, 0.29) is 17.5 Å². The van der Waals surface area contributed by atoms with Gasteiger partial charge in [-0.2, -0.15) is 13.2 Å². The summed E-state index contributed by atoms with van der Waals surface area (Å²) in [5.41, 5.74) is -4.07. The molecule has 1 rings (SSSR count). The van der Waals surface area contributed by atoms with Crippen LogP contribution in [-0.2, 0) is 0 Å². The molecule has 18 heavy (non-hydrogen) atoms. The molecule has 1 fully saturated rings. The fourth-order valence-electron chi connectivity index (χ4n) is 2.72. The normalized spacial score (nSPS) is 19.3. The predicted octanol–water partition coefficient (Wildman–Crippen LogP) is 4.44. The zero-order chi connectivity index (χ0) is 13.4. The molecule has 0 radical (unpaired) electrons. The van der Waals surface area contributed by atoms with Gasteiger partial charge in [-0.15, -0.1) is 0 Å². The Morgan fingerprint density at radius 1 is 1.28 bits per heavy atom. The summed E-state index contributed by atoms with van der Waals surface area (Å²) < 4.78 is 36.4. The second-order valence-corrected chi connectivity index (χ2v) is 6.25. The average Bonchev–Trinajstić information content (AvgIpc) is 2.79. The molecule has 0 bridgehead atoms. The van der Waals surface area contributed by atoms with Crippen molar-refractivity contribution in [2.45, 2.75) is 51.0 Å². The monoisotopic (exact) mass is 283 g/mol. The van der Waals surface area contributed by atoms with E-state index in [1.165, 1.54) is 25.7 Å². The molecule has 0 aromatic carbocycles. The maximum Gasteiger partial charge on any atom is 0.441 e. The summed E-state index contributed by atoms with van der Waals surface area (Å²) in [5.74, 6) is 1.27. The van der Waals surface area contributed by atoms with E-state index >= 15 is 0 Å². The molecule has 1 N–H and O–H groups in total. The molecule has 0 aliphatic heterocycles. The number of nitrogens with one attached hydrogen (secondary N) is 1. The fourth-order valence-corrected chi connectivity index (χ4v) is 3.38. The van der Waals surface area contributed by atoms with Crippen LogP contribution < -0.4 is 5.32 Å².